The highest BCUT2D eigenvalue weighted by Gasteiger charge is 2.27. The molecule has 2 aromatic rings. The molecule has 0 fully saturated rings. The first-order valence-electron chi connectivity index (χ1n) is 10.3. The third-order valence-electron chi connectivity index (χ3n) is 4.67. The van der Waals surface area contributed by atoms with E-state index in [2.05, 4.69) is 0 Å². The van der Waals surface area contributed by atoms with Crippen molar-refractivity contribution in [3.05, 3.63) is 71.8 Å². The van der Waals surface area contributed by atoms with Crippen molar-refractivity contribution in [2.24, 2.45) is 5.92 Å². The Balaban J connectivity index is 1.98. The summed E-state index contributed by atoms with van der Waals surface area (Å²) in [4.78, 5) is 39.2. The SMILES string of the molecule is CC(C)CCN(C(=O)OCc1ccccc1)C(=O)N(C=O)CCCc1ccccc1. The van der Waals surface area contributed by atoms with E-state index in [1.165, 1.54) is 0 Å². The zero-order chi connectivity index (χ0) is 21.8. The van der Waals surface area contributed by atoms with Crippen LogP contribution in [-0.4, -0.2) is 41.4 Å². The number of imide groups is 2. The van der Waals surface area contributed by atoms with Crippen LogP contribution in [0, 0.1) is 5.92 Å². The number of hydrogen-bond donors (Lipinski definition) is 0. The molecule has 0 atom stereocenters. The van der Waals surface area contributed by atoms with Crippen LogP contribution in [0.15, 0.2) is 60.7 Å². The standard InChI is InChI=1S/C24H30N2O4/c1-20(2)15-17-26(24(29)30-18-22-12-7-4-8-13-22)23(28)25(19-27)16-9-14-21-10-5-3-6-11-21/h3-8,10-13,19-20H,9,14-18H2,1-2H3. The van der Waals surface area contributed by atoms with Crippen LogP contribution in [0.1, 0.15) is 37.8 Å². The fourth-order valence-corrected chi connectivity index (χ4v) is 2.90. The van der Waals surface area contributed by atoms with E-state index >= 15 is 0 Å². The highest BCUT2D eigenvalue weighted by atomic mass is 16.6. The summed E-state index contributed by atoms with van der Waals surface area (Å²) in [6.45, 7) is 4.53. The van der Waals surface area contributed by atoms with E-state index in [0.29, 0.717) is 25.2 Å². The summed E-state index contributed by atoms with van der Waals surface area (Å²) in [6.07, 6.45) is 1.73. The molecule has 0 aliphatic heterocycles. The van der Waals surface area contributed by atoms with Crippen LogP contribution in [0.5, 0.6) is 0 Å². The summed E-state index contributed by atoms with van der Waals surface area (Å²) < 4.78 is 5.34. The van der Waals surface area contributed by atoms with E-state index in [1.54, 1.807) is 0 Å². The molecule has 2 rings (SSSR count). The molecule has 6 heteroatoms. The molecule has 0 radical (unpaired) electrons. The van der Waals surface area contributed by atoms with E-state index in [0.717, 1.165) is 27.3 Å². The van der Waals surface area contributed by atoms with Crippen LogP contribution in [0.25, 0.3) is 0 Å². The number of rotatable bonds is 10. The summed E-state index contributed by atoms with van der Waals surface area (Å²) in [7, 11) is 0. The van der Waals surface area contributed by atoms with Gasteiger partial charge in [0.15, 0.2) is 0 Å². The van der Waals surface area contributed by atoms with E-state index in [1.807, 2.05) is 74.5 Å². The largest absolute Gasteiger partial charge is 0.444 e. The van der Waals surface area contributed by atoms with Gasteiger partial charge in [0, 0.05) is 13.1 Å². The molecular weight excluding hydrogens is 380 g/mol. The summed E-state index contributed by atoms with van der Waals surface area (Å²) >= 11 is 0. The minimum Gasteiger partial charge on any atom is -0.444 e. The predicted molar refractivity (Wildman–Crippen MR) is 116 cm³/mol. The maximum atomic E-state index is 12.9. The fraction of sp³-hybridized carbons (Fsp3) is 0.375. The number of carbonyl (C=O) groups is 3. The molecule has 160 valence electrons. The van der Waals surface area contributed by atoms with Crippen molar-refractivity contribution in [1.29, 1.82) is 0 Å². The average molecular weight is 411 g/mol. The second-order valence-electron chi connectivity index (χ2n) is 7.54. The van der Waals surface area contributed by atoms with E-state index in [4.69, 9.17) is 4.74 Å². The van der Waals surface area contributed by atoms with Crippen molar-refractivity contribution in [2.45, 2.75) is 39.7 Å². The van der Waals surface area contributed by atoms with Gasteiger partial charge in [0.05, 0.1) is 0 Å². The molecule has 0 N–H and O–H groups in total. The number of hydrogen-bond acceptors (Lipinski definition) is 4. The van der Waals surface area contributed by atoms with Crippen LogP contribution in [0.3, 0.4) is 0 Å². The highest BCUT2D eigenvalue weighted by Crippen LogP contribution is 2.11. The van der Waals surface area contributed by atoms with Crippen LogP contribution < -0.4 is 0 Å². The number of carbonyl (C=O) groups excluding carboxylic acids is 3. The van der Waals surface area contributed by atoms with Gasteiger partial charge in [0.25, 0.3) is 0 Å². The van der Waals surface area contributed by atoms with E-state index in [-0.39, 0.29) is 19.7 Å². The van der Waals surface area contributed by atoms with Gasteiger partial charge in [-0.3, -0.25) is 9.69 Å². The normalized spacial score (nSPS) is 10.5. The van der Waals surface area contributed by atoms with Gasteiger partial charge in [-0.25, -0.2) is 14.5 Å². The van der Waals surface area contributed by atoms with Crippen molar-refractivity contribution in [1.82, 2.24) is 9.80 Å². The first kappa shape index (κ1) is 23.1. The maximum Gasteiger partial charge on any atom is 0.418 e. The van der Waals surface area contributed by atoms with Gasteiger partial charge in [-0.05, 0) is 36.3 Å². The molecule has 0 heterocycles. The molecule has 0 aliphatic carbocycles. The number of benzene rings is 2. The van der Waals surface area contributed by atoms with Gasteiger partial charge in [-0.15, -0.1) is 0 Å². The topological polar surface area (TPSA) is 66.9 Å². The van der Waals surface area contributed by atoms with Crippen LogP contribution in [-0.2, 0) is 22.6 Å². The average Bonchev–Trinajstić information content (AvgIpc) is 2.76. The Labute approximate surface area is 178 Å². The predicted octanol–water partition coefficient (Wildman–Crippen LogP) is 4.88. The maximum absolute atomic E-state index is 12.9. The summed E-state index contributed by atoms with van der Waals surface area (Å²) in [6, 6.07) is 18.5. The Morgan fingerprint density at radius 3 is 2.10 bits per heavy atom. The highest BCUT2D eigenvalue weighted by molar-refractivity contribution is 5.95. The van der Waals surface area contributed by atoms with Gasteiger partial charge in [-0.1, -0.05) is 74.5 Å². The zero-order valence-electron chi connectivity index (χ0n) is 17.7. The molecule has 4 amide bonds. The first-order chi connectivity index (χ1) is 14.5. The third-order valence-corrected chi connectivity index (χ3v) is 4.67. The lowest BCUT2D eigenvalue weighted by Crippen LogP contribution is -2.47. The quantitative estimate of drug-likeness (QED) is 0.524. The molecule has 0 saturated carbocycles. The van der Waals surface area contributed by atoms with Crippen molar-refractivity contribution < 1.29 is 19.1 Å². The Bertz CT molecular complexity index is 793. The van der Waals surface area contributed by atoms with E-state index in [9.17, 15) is 14.4 Å². The molecule has 30 heavy (non-hydrogen) atoms. The Hall–Kier alpha value is -3.15. The molecule has 6 nitrogen and oxygen atoms in total. The lowest BCUT2D eigenvalue weighted by Gasteiger charge is -2.26. The van der Waals surface area contributed by atoms with Gasteiger partial charge in [0.1, 0.15) is 6.61 Å². The van der Waals surface area contributed by atoms with Gasteiger partial charge in [0.2, 0.25) is 6.41 Å². The molecule has 0 unspecified atom stereocenters. The van der Waals surface area contributed by atoms with Crippen LogP contribution in [0.2, 0.25) is 0 Å². The summed E-state index contributed by atoms with van der Waals surface area (Å²) in [5, 5.41) is 0. The van der Waals surface area contributed by atoms with Crippen molar-refractivity contribution >= 4 is 18.5 Å². The molecule has 0 bridgehead atoms. The minimum atomic E-state index is -0.737. The minimum absolute atomic E-state index is 0.0697. The van der Waals surface area contributed by atoms with E-state index < -0.39 is 12.1 Å². The van der Waals surface area contributed by atoms with Gasteiger partial charge in [-0.2, -0.15) is 0 Å². The van der Waals surface area contributed by atoms with Gasteiger partial charge < -0.3 is 4.74 Å². The Kier molecular flexibility index (Phi) is 9.58. The Morgan fingerprint density at radius 2 is 1.53 bits per heavy atom. The smallest absolute Gasteiger partial charge is 0.418 e. The van der Waals surface area contributed by atoms with Crippen molar-refractivity contribution in [3.8, 4) is 0 Å². The molecule has 0 saturated heterocycles. The monoisotopic (exact) mass is 410 g/mol. The summed E-state index contributed by atoms with van der Waals surface area (Å²) in [5.41, 5.74) is 1.96. The zero-order valence-corrected chi connectivity index (χ0v) is 17.7. The second-order valence-corrected chi connectivity index (χ2v) is 7.54. The van der Waals surface area contributed by atoms with Crippen molar-refractivity contribution in [2.75, 3.05) is 13.1 Å². The lowest BCUT2D eigenvalue weighted by atomic mass is 10.1. The molecule has 2 aromatic carbocycles. The van der Waals surface area contributed by atoms with Crippen LogP contribution >= 0.6 is 0 Å². The molecule has 0 spiro atoms. The fourth-order valence-electron chi connectivity index (χ4n) is 2.90. The third kappa shape index (κ3) is 7.70. The van der Waals surface area contributed by atoms with Crippen LogP contribution in [0.4, 0.5) is 9.59 Å². The van der Waals surface area contributed by atoms with Crippen molar-refractivity contribution in [3.63, 3.8) is 0 Å². The summed E-state index contributed by atoms with van der Waals surface area (Å²) in [5.74, 6) is 0.296. The first-order valence-corrected chi connectivity index (χ1v) is 10.3. The number of aryl methyl sites for hydroxylation is 1. The van der Waals surface area contributed by atoms with Gasteiger partial charge >= 0.3 is 12.1 Å². The molecule has 0 aromatic heterocycles. The second kappa shape index (κ2) is 12.4. The number of urea groups is 1. The number of ether oxygens (including phenoxy) is 1. The molecule has 0 aliphatic rings. The Morgan fingerprint density at radius 1 is 0.933 bits per heavy atom. The lowest BCUT2D eigenvalue weighted by molar-refractivity contribution is -0.116. The molecular formula is C24H30N2O4. The number of amides is 4. The number of nitrogens with zero attached hydrogens (tertiary/aromatic N) is 2.